The van der Waals surface area contributed by atoms with Crippen LogP contribution in [-0.4, -0.2) is 71.6 Å². The van der Waals surface area contributed by atoms with Crippen LogP contribution in [0.15, 0.2) is 24.0 Å². The van der Waals surface area contributed by atoms with E-state index in [0.29, 0.717) is 17.9 Å². The maximum atomic E-state index is 14.3. The molecular formula is C30H39NO7S. The van der Waals surface area contributed by atoms with Gasteiger partial charge in [-0.15, -0.1) is 0 Å². The summed E-state index contributed by atoms with van der Waals surface area (Å²) in [6, 6.07) is 4.17. The zero-order valence-electron chi connectivity index (χ0n) is 23.4. The molecule has 2 saturated heterocycles. The number of carbonyl (C=O) groups excluding carboxylic acids is 2. The second-order valence-corrected chi connectivity index (χ2v) is 13.3. The molecule has 0 radical (unpaired) electrons. The van der Waals surface area contributed by atoms with Gasteiger partial charge < -0.3 is 23.7 Å². The van der Waals surface area contributed by atoms with E-state index in [9.17, 15) is 9.59 Å². The molecule has 4 heterocycles. The lowest BCUT2D eigenvalue weighted by molar-refractivity contribution is -0.213. The van der Waals surface area contributed by atoms with E-state index in [1.54, 1.807) is 7.11 Å². The van der Waals surface area contributed by atoms with Crippen molar-refractivity contribution in [2.45, 2.75) is 94.5 Å². The van der Waals surface area contributed by atoms with Crippen LogP contribution in [0.2, 0.25) is 0 Å². The largest absolute Gasteiger partial charge is 0.497 e. The molecule has 212 valence electrons. The first-order valence-electron chi connectivity index (χ1n) is 14.2. The molecule has 9 heteroatoms. The highest BCUT2D eigenvalue weighted by atomic mass is 32.2. The van der Waals surface area contributed by atoms with E-state index in [1.807, 2.05) is 20.8 Å². The van der Waals surface area contributed by atoms with Crippen LogP contribution in [0.5, 0.6) is 11.5 Å². The molecule has 1 aromatic carbocycles. The van der Waals surface area contributed by atoms with E-state index in [-0.39, 0.29) is 29.8 Å². The first-order valence-corrected chi connectivity index (χ1v) is 15.2. The Morgan fingerprint density at radius 3 is 2.64 bits per heavy atom. The van der Waals surface area contributed by atoms with E-state index in [0.717, 1.165) is 62.3 Å². The van der Waals surface area contributed by atoms with Gasteiger partial charge >= 0.3 is 5.97 Å². The fourth-order valence-corrected chi connectivity index (χ4v) is 8.19. The number of hydrogen-bond donors (Lipinski definition) is 0. The molecule has 2 unspecified atom stereocenters. The van der Waals surface area contributed by atoms with Crippen molar-refractivity contribution in [2.75, 3.05) is 32.7 Å². The summed E-state index contributed by atoms with van der Waals surface area (Å²) in [5, 5.41) is -0.0490. The Hall–Kier alpha value is -2.23. The fourth-order valence-electron chi connectivity index (χ4n) is 7.53. The molecule has 5 aliphatic rings. The number of fused-ring (bicyclic) bond motifs is 3. The van der Waals surface area contributed by atoms with Crippen LogP contribution in [0, 0.1) is 0 Å². The molecule has 1 spiro atoms. The quantitative estimate of drug-likeness (QED) is 0.461. The van der Waals surface area contributed by atoms with Crippen LogP contribution in [0.25, 0.3) is 0 Å². The number of carbonyl (C=O) groups is 2. The molecule has 39 heavy (non-hydrogen) atoms. The normalized spacial score (nSPS) is 32.5. The highest BCUT2D eigenvalue weighted by Gasteiger charge is 2.59. The summed E-state index contributed by atoms with van der Waals surface area (Å²) in [6.07, 6.45) is 6.53. The number of methoxy groups -OCH3 is 1. The second kappa shape index (κ2) is 10.00. The molecule has 6 rings (SSSR count). The summed E-state index contributed by atoms with van der Waals surface area (Å²) in [5.74, 6) is 2.16. The van der Waals surface area contributed by atoms with Crippen LogP contribution in [0.1, 0.15) is 76.3 Å². The van der Waals surface area contributed by atoms with E-state index in [4.69, 9.17) is 23.7 Å². The van der Waals surface area contributed by atoms with Crippen molar-refractivity contribution in [3.8, 4) is 11.5 Å². The van der Waals surface area contributed by atoms with Crippen LogP contribution in [0.3, 0.4) is 0 Å². The Kier molecular flexibility index (Phi) is 6.91. The Morgan fingerprint density at radius 1 is 1.10 bits per heavy atom. The van der Waals surface area contributed by atoms with Gasteiger partial charge in [-0.3, -0.25) is 9.69 Å². The van der Waals surface area contributed by atoms with Crippen molar-refractivity contribution < 1.29 is 33.3 Å². The standard InChI is InChI=1S/C30H39NO7S/c1-5-39-24(32)17-30(11-6-9-28(2,3)38-30)27(33)37-26-23(34-4)16-29-10-7-12-31(29)13-8-19-14-21-22(36-18-35-21)15-20(19)25(26)29/h14-16,25-26H,5-13,17-18H2,1-4H3/t25-,26?,29?,30-/m1/s1. The average Bonchev–Trinajstić information content (AvgIpc) is 3.57. The van der Waals surface area contributed by atoms with E-state index in [2.05, 4.69) is 23.1 Å². The van der Waals surface area contributed by atoms with E-state index >= 15 is 0 Å². The Labute approximate surface area is 234 Å². The maximum Gasteiger partial charge on any atom is 0.339 e. The first kappa shape index (κ1) is 27.0. The van der Waals surface area contributed by atoms with Crippen LogP contribution < -0.4 is 9.47 Å². The van der Waals surface area contributed by atoms with Gasteiger partial charge in [-0.1, -0.05) is 18.7 Å². The zero-order valence-corrected chi connectivity index (χ0v) is 24.2. The Morgan fingerprint density at radius 2 is 1.90 bits per heavy atom. The lowest BCUT2D eigenvalue weighted by Crippen LogP contribution is -2.54. The fraction of sp³-hybridized carbons (Fsp3) is 0.667. The second-order valence-electron chi connectivity index (χ2n) is 12.0. The Bertz CT molecular complexity index is 1200. The predicted octanol–water partition coefficient (Wildman–Crippen LogP) is 4.73. The van der Waals surface area contributed by atoms with Crippen molar-refractivity contribution >= 4 is 22.8 Å². The van der Waals surface area contributed by atoms with Crippen LogP contribution in [-0.2, 0) is 30.2 Å². The van der Waals surface area contributed by atoms with Crippen molar-refractivity contribution in [3.05, 3.63) is 35.1 Å². The highest BCUT2D eigenvalue weighted by Crippen LogP contribution is 2.56. The van der Waals surface area contributed by atoms with Gasteiger partial charge in [0.2, 0.25) is 6.79 Å². The van der Waals surface area contributed by atoms with Crippen molar-refractivity contribution in [1.29, 1.82) is 0 Å². The molecule has 0 bridgehead atoms. The molecule has 1 aromatic rings. The average molecular weight is 558 g/mol. The van der Waals surface area contributed by atoms with Gasteiger partial charge in [0.1, 0.15) is 5.76 Å². The first-order chi connectivity index (χ1) is 18.7. The number of nitrogens with zero attached hydrogens (tertiary/aromatic N) is 1. The topological polar surface area (TPSA) is 83.5 Å². The summed E-state index contributed by atoms with van der Waals surface area (Å²) in [4.78, 5) is 29.7. The minimum atomic E-state index is -1.31. The molecule has 4 aliphatic heterocycles. The molecule has 0 saturated carbocycles. The molecule has 1 aliphatic carbocycles. The van der Waals surface area contributed by atoms with Gasteiger partial charge in [0.05, 0.1) is 30.6 Å². The van der Waals surface area contributed by atoms with Gasteiger partial charge in [-0.05, 0) is 94.0 Å². The summed E-state index contributed by atoms with van der Waals surface area (Å²) in [6.45, 7) is 8.00. The monoisotopic (exact) mass is 557 g/mol. The zero-order chi connectivity index (χ0) is 27.4. The van der Waals surface area contributed by atoms with Crippen molar-refractivity contribution in [2.24, 2.45) is 0 Å². The maximum absolute atomic E-state index is 14.3. The van der Waals surface area contributed by atoms with E-state index in [1.165, 1.54) is 17.3 Å². The number of ether oxygens (including phenoxy) is 5. The predicted molar refractivity (Wildman–Crippen MR) is 147 cm³/mol. The lowest BCUT2D eigenvalue weighted by atomic mass is 9.77. The Balaban J connectivity index is 1.40. The molecule has 0 N–H and O–H groups in total. The van der Waals surface area contributed by atoms with Crippen LogP contribution >= 0.6 is 11.8 Å². The SMILES string of the molecule is CCSC(=O)C[C@@]1(C(=O)OC2C(OC)=CC34CCCN3CCc3cc5c(cc3[C@H]24)OCO5)CCCC(C)(C)O1. The van der Waals surface area contributed by atoms with E-state index < -0.39 is 23.3 Å². The molecule has 2 fully saturated rings. The number of rotatable bonds is 6. The van der Waals surface area contributed by atoms with Gasteiger partial charge in [0.15, 0.2) is 28.3 Å². The van der Waals surface area contributed by atoms with Gasteiger partial charge in [0.25, 0.3) is 0 Å². The van der Waals surface area contributed by atoms with Crippen LogP contribution in [0.4, 0.5) is 0 Å². The van der Waals surface area contributed by atoms with Crippen molar-refractivity contribution in [3.63, 3.8) is 0 Å². The van der Waals surface area contributed by atoms with Gasteiger partial charge in [-0.2, -0.15) is 0 Å². The number of thioether (sulfide) groups is 1. The van der Waals surface area contributed by atoms with Gasteiger partial charge in [-0.25, -0.2) is 4.79 Å². The highest BCUT2D eigenvalue weighted by molar-refractivity contribution is 8.13. The number of hydrogen-bond acceptors (Lipinski definition) is 9. The molecule has 4 atom stereocenters. The van der Waals surface area contributed by atoms with Gasteiger partial charge in [0, 0.05) is 6.54 Å². The number of esters is 1. The summed E-state index contributed by atoms with van der Waals surface area (Å²) in [5.41, 5.74) is 0.141. The molecule has 0 amide bonds. The minimum absolute atomic E-state index is 0.00370. The lowest BCUT2D eigenvalue weighted by Gasteiger charge is -2.44. The third-order valence-electron chi connectivity index (χ3n) is 9.14. The number of benzene rings is 1. The molecule has 8 nitrogen and oxygen atoms in total. The third-order valence-corrected chi connectivity index (χ3v) is 9.89. The third kappa shape index (κ3) is 4.54. The summed E-state index contributed by atoms with van der Waals surface area (Å²) in [7, 11) is 1.64. The smallest absolute Gasteiger partial charge is 0.339 e. The molecular weight excluding hydrogens is 518 g/mol. The summed E-state index contributed by atoms with van der Waals surface area (Å²) < 4.78 is 30.4. The van der Waals surface area contributed by atoms with Crippen molar-refractivity contribution in [1.82, 2.24) is 4.90 Å². The summed E-state index contributed by atoms with van der Waals surface area (Å²) >= 11 is 1.23. The minimum Gasteiger partial charge on any atom is -0.497 e. The molecule has 0 aromatic heterocycles.